The Morgan fingerprint density at radius 1 is 0.653 bits per heavy atom. The van der Waals surface area contributed by atoms with Gasteiger partial charge in [-0.05, 0) is 112 Å². The maximum atomic E-state index is 13.1. The van der Waals surface area contributed by atoms with Crippen LogP contribution >= 0.6 is 0 Å². The second-order valence-corrected chi connectivity index (χ2v) is 25.1. The van der Waals surface area contributed by atoms with Crippen LogP contribution in [-0.4, -0.2) is 211 Å². The molecule has 23 nitrogen and oxygen atoms in total. The summed E-state index contributed by atoms with van der Waals surface area (Å²) in [6.45, 7) is 14.1. The lowest BCUT2D eigenvalue weighted by Gasteiger charge is -2.59. The molecule has 8 rings (SSSR count). The van der Waals surface area contributed by atoms with E-state index in [9.17, 15) is 68.8 Å². The highest BCUT2D eigenvalue weighted by molar-refractivity contribution is 7.80. The van der Waals surface area contributed by atoms with E-state index < -0.39 is 163 Å². The van der Waals surface area contributed by atoms with Gasteiger partial charge in [-0.3, -0.25) is 9.35 Å². The van der Waals surface area contributed by atoms with Crippen molar-refractivity contribution < 1.29 is 111 Å². The Morgan fingerprint density at radius 2 is 1.21 bits per heavy atom. The van der Waals surface area contributed by atoms with E-state index >= 15 is 0 Å². The number of hydrogen-bond acceptors (Lipinski definition) is 22. The number of aliphatic hydroxyl groups excluding tert-OH is 10. The van der Waals surface area contributed by atoms with Crippen LogP contribution in [0.3, 0.4) is 0 Å². The Labute approximate surface area is 438 Å². The van der Waals surface area contributed by atoms with E-state index in [-0.39, 0.29) is 47.2 Å². The predicted molar refractivity (Wildman–Crippen MR) is 258 cm³/mol. The van der Waals surface area contributed by atoms with Gasteiger partial charge in [0.05, 0.1) is 37.1 Å². The lowest BCUT2D eigenvalue weighted by Crippen LogP contribution is -2.67. The van der Waals surface area contributed by atoms with Gasteiger partial charge in [0.2, 0.25) is 0 Å². The molecule has 432 valence electrons. The minimum absolute atomic E-state index is 0.0124. The summed E-state index contributed by atoms with van der Waals surface area (Å²) >= 11 is 0. The molecule has 11 N–H and O–H groups in total. The number of rotatable bonds is 16. The fraction of sp³-hybridized carbons (Fsp3) is 0.941. The zero-order chi connectivity index (χ0) is 55.0. The van der Waals surface area contributed by atoms with Crippen molar-refractivity contribution in [2.75, 3.05) is 6.61 Å². The summed E-state index contributed by atoms with van der Waals surface area (Å²) < 4.78 is 87.9. The molecule has 0 aromatic carbocycles. The average molecular weight is 1100 g/mol. The molecule has 7 fully saturated rings. The third kappa shape index (κ3) is 11.9. The zero-order valence-electron chi connectivity index (χ0n) is 44.0. The minimum atomic E-state index is -4.83. The summed E-state index contributed by atoms with van der Waals surface area (Å²) in [5, 5.41) is 110. The minimum Gasteiger partial charge on any atom is -0.394 e. The topological polar surface area (TPSA) is 357 Å². The number of aliphatic hydroxyl groups is 10. The molecule has 0 amide bonds. The lowest BCUT2D eigenvalue weighted by atomic mass is 9.47. The van der Waals surface area contributed by atoms with Crippen LogP contribution in [0.2, 0.25) is 0 Å². The molecule has 3 saturated carbocycles. The molecule has 24 heteroatoms. The molecule has 4 heterocycles. The Hall–Kier alpha value is -1.44. The Bertz CT molecular complexity index is 2100. The third-order valence-electron chi connectivity index (χ3n) is 18.5. The molecular formula is C51H84O23S. The Morgan fingerprint density at radius 3 is 1.80 bits per heavy atom. The van der Waals surface area contributed by atoms with Crippen LogP contribution in [0.15, 0.2) is 11.6 Å². The van der Waals surface area contributed by atoms with Crippen LogP contribution < -0.4 is 0 Å². The molecule has 8 aliphatic rings. The second-order valence-electron chi connectivity index (χ2n) is 24.0. The van der Waals surface area contributed by atoms with Crippen molar-refractivity contribution in [3.8, 4) is 0 Å². The van der Waals surface area contributed by atoms with Crippen molar-refractivity contribution in [1.82, 2.24) is 0 Å². The summed E-state index contributed by atoms with van der Waals surface area (Å²) in [4.78, 5) is 13.1. The van der Waals surface area contributed by atoms with Gasteiger partial charge in [-0.1, -0.05) is 46.3 Å². The maximum absolute atomic E-state index is 13.1. The highest BCUT2D eigenvalue weighted by Gasteiger charge is 2.62. The number of ether oxygens (including phenoxy) is 8. The van der Waals surface area contributed by atoms with Crippen molar-refractivity contribution in [2.24, 2.45) is 46.3 Å². The van der Waals surface area contributed by atoms with Gasteiger partial charge >= 0.3 is 10.4 Å². The van der Waals surface area contributed by atoms with Crippen LogP contribution in [0.4, 0.5) is 0 Å². The first-order valence-electron chi connectivity index (χ1n) is 26.9. The summed E-state index contributed by atoms with van der Waals surface area (Å²) in [5.41, 5.74) is 0.536. The number of carbonyl (C=O) groups excluding carboxylic acids is 1. The zero-order valence-corrected chi connectivity index (χ0v) is 44.9. The SMILES string of the molecule is CC(C)CC(=O)CC(C)[C@H]1CCC2C3C[C@H](OC4OC(CO)C(OC5OC(C)C(OC6OC(C)C(O)C(O)C6O)C(O)C5OC5OC(C)C(O)C(O)C5O)C(O)C4O)C4C[C@@H](OS(=O)(=O)O)CC[C@]4(C)C3=CC[C@@]21C. The molecule has 0 aromatic heterocycles. The number of allylic oxidation sites excluding steroid dienone is 2. The van der Waals surface area contributed by atoms with Gasteiger partial charge in [0.25, 0.3) is 0 Å². The molecule has 0 aromatic rings. The molecule has 4 aliphatic carbocycles. The van der Waals surface area contributed by atoms with Crippen molar-refractivity contribution >= 4 is 16.2 Å². The molecule has 75 heavy (non-hydrogen) atoms. The molecule has 0 spiro atoms. The first-order chi connectivity index (χ1) is 35.1. The van der Waals surface area contributed by atoms with E-state index in [2.05, 4.69) is 26.8 Å². The largest absolute Gasteiger partial charge is 0.397 e. The Balaban J connectivity index is 1.04. The van der Waals surface area contributed by atoms with Crippen molar-refractivity contribution in [1.29, 1.82) is 0 Å². The monoisotopic (exact) mass is 1100 g/mol. The number of Topliss-reactive ketones (excluding diaryl/α,β-unsaturated/α-hetero) is 1. The van der Waals surface area contributed by atoms with E-state index in [1.165, 1.54) is 26.3 Å². The first kappa shape index (κ1) is 59.7. The number of carbonyl (C=O) groups is 1. The molecule has 4 aliphatic heterocycles. The van der Waals surface area contributed by atoms with Gasteiger partial charge in [-0.25, -0.2) is 4.18 Å². The number of hydrogen-bond donors (Lipinski definition) is 11. The van der Waals surface area contributed by atoms with Crippen LogP contribution in [0, 0.1) is 46.3 Å². The van der Waals surface area contributed by atoms with Gasteiger partial charge in [-0.2, -0.15) is 8.42 Å². The van der Waals surface area contributed by atoms with E-state index in [0.717, 1.165) is 19.3 Å². The second kappa shape index (κ2) is 23.2. The average Bonchev–Trinajstić information content (AvgIpc) is 3.70. The molecule has 29 atom stereocenters. The lowest BCUT2D eigenvalue weighted by molar-refractivity contribution is -0.399. The van der Waals surface area contributed by atoms with E-state index in [0.29, 0.717) is 32.1 Å². The van der Waals surface area contributed by atoms with E-state index in [1.54, 1.807) is 0 Å². The fourth-order valence-electron chi connectivity index (χ4n) is 14.6. The van der Waals surface area contributed by atoms with Crippen LogP contribution in [0.1, 0.15) is 113 Å². The van der Waals surface area contributed by atoms with Gasteiger partial charge in [0.15, 0.2) is 25.2 Å². The summed E-state index contributed by atoms with van der Waals surface area (Å²) in [7, 11) is -4.83. The standard InChI is InChI=1S/C51H84O23S/c1-20(2)15-25(53)16-21(3)28-9-10-29-27-18-32(31-17-26(74-75(63,64)65)11-13-51(31,8)30(27)12-14-50(28,29)7)69-48-41(61)38(58)44(33(19-52)70-48)72-49-45(73-47-40(60)37(57)35(55)23(5)67-47)42(62)43(24(6)68-49)71-46-39(59)36(56)34(54)22(4)66-46/h12,20-24,26-29,31-49,52,54-62H,9-11,13-19H2,1-8H3,(H,63,64,65)/t21?,22?,23?,24?,26-,27?,28+,29?,31?,32-,33?,34?,35?,36?,37?,38?,39?,40?,41?,42?,43?,44?,45?,46?,47?,48?,49?,50+,51+/m0/s1. The number of fused-ring (bicyclic) bond motifs is 5. The van der Waals surface area contributed by atoms with Gasteiger partial charge in [0, 0.05) is 12.8 Å². The molecule has 4 saturated heterocycles. The van der Waals surface area contributed by atoms with Crippen LogP contribution in [-0.2, 0) is 57.3 Å². The quantitative estimate of drug-likeness (QED) is 0.0701. The summed E-state index contributed by atoms with van der Waals surface area (Å²) in [5.74, 6) is 0.697. The molecule has 0 radical (unpaired) electrons. The maximum Gasteiger partial charge on any atom is 0.397 e. The molecular weight excluding hydrogens is 1010 g/mol. The highest BCUT2D eigenvalue weighted by Crippen LogP contribution is 2.67. The van der Waals surface area contributed by atoms with Crippen molar-refractivity contribution in [3.63, 3.8) is 0 Å². The van der Waals surface area contributed by atoms with Crippen molar-refractivity contribution in [3.05, 3.63) is 11.6 Å². The van der Waals surface area contributed by atoms with E-state index in [4.69, 9.17) is 42.1 Å². The Kier molecular flexibility index (Phi) is 18.5. The predicted octanol–water partition coefficient (Wildman–Crippen LogP) is -0.255. The third-order valence-corrected chi connectivity index (χ3v) is 19.1. The van der Waals surface area contributed by atoms with Gasteiger partial charge in [-0.15, -0.1) is 0 Å². The van der Waals surface area contributed by atoms with E-state index in [1.807, 2.05) is 13.8 Å². The van der Waals surface area contributed by atoms with Crippen LogP contribution in [0.25, 0.3) is 0 Å². The van der Waals surface area contributed by atoms with Crippen molar-refractivity contribution in [2.45, 2.75) is 248 Å². The molecule has 24 unspecified atom stereocenters. The van der Waals surface area contributed by atoms with Crippen LogP contribution in [0.5, 0.6) is 0 Å². The first-order valence-corrected chi connectivity index (χ1v) is 28.3. The molecule has 0 bridgehead atoms. The van der Waals surface area contributed by atoms with Gasteiger partial charge in [0.1, 0.15) is 85.1 Å². The smallest absolute Gasteiger partial charge is 0.394 e. The summed E-state index contributed by atoms with van der Waals surface area (Å²) in [6.07, 6.45) is -26.5. The fourth-order valence-corrected chi connectivity index (χ4v) is 15.1. The summed E-state index contributed by atoms with van der Waals surface area (Å²) in [6, 6.07) is 0. The highest BCUT2D eigenvalue weighted by atomic mass is 32.3. The normalized spacial score (nSPS) is 50.9. The number of ketones is 1. The van der Waals surface area contributed by atoms with Gasteiger partial charge < -0.3 is 89.0 Å².